The summed E-state index contributed by atoms with van der Waals surface area (Å²) in [6.45, 7) is 15.5. The Hall–Kier alpha value is -2.78. The number of halogens is 4. The van der Waals surface area contributed by atoms with Gasteiger partial charge in [0.2, 0.25) is 0 Å². The minimum Gasteiger partial charge on any atom is -0.444 e. The number of ether oxygens (including phenoxy) is 3. The van der Waals surface area contributed by atoms with Gasteiger partial charge < -0.3 is 34.2 Å². The zero-order valence-corrected chi connectivity index (χ0v) is 31.6. The summed E-state index contributed by atoms with van der Waals surface area (Å²) in [4.78, 5) is 32.0. The summed E-state index contributed by atoms with van der Waals surface area (Å²) in [5.41, 5.74) is 0.299. The van der Waals surface area contributed by atoms with Crippen LogP contribution in [0.15, 0.2) is 36.4 Å². The fraction of sp³-hybridized carbons (Fsp3) is 0.611. The molecule has 2 N–H and O–H groups in total. The van der Waals surface area contributed by atoms with E-state index in [2.05, 4.69) is 4.90 Å². The number of amides is 2. The highest BCUT2D eigenvalue weighted by Crippen LogP contribution is 2.30. The SMILES string of the molecule is CC(C)(C)OC(=O)N1CCN(CC(O)c2ccc(F)c(Cl)c2)[C@H](CO)C1.CC(C)(C)OC(=O)N1CCN2C[C@@H](c3ccc(F)c(Cl)c3)OC[C@@H]2C1. The van der Waals surface area contributed by atoms with Crippen LogP contribution in [0.2, 0.25) is 10.0 Å². The normalized spacial score (nSPS) is 22.4. The van der Waals surface area contributed by atoms with Crippen molar-refractivity contribution in [2.24, 2.45) is 0 Å². The van der Waals surface area contributed by atoms with Crippen LogP contribution in [0.3, 0.4) is 0 Å². The Bertz CT molecular complexity index is 1510. The zero-order valence-electron chi connectivity index (χ0n) is 30.1. The van der Waals surface area contributed by atoms with Crippen LogP contribution in [0, 0.1) is 11.6 Å². The van der Waals surface area contributed by atoms with E-state index in [1.807, 2.05) is 25.7 Å². The van der Waals surface area contributed by atoms with Crippen LogP contribution in [-0.2, 0) is 14.2 Å². The zero-order chi connectivity index (χ0) is 37.7. The molecule has 0 spiro atoms. The maximum absolute atomic E-state index is 13.3. The molecule has 4 atom stereocenters. The van der Waals surface area contributed by atoms with Crippen LogP contribution >= 0.6 is 23.2 Å². The topological polar surface area (TPSA) is 115 Å². The van der Waals surface area contributed by atoms with Crippen LogP contribution in [-0.4, -0.2) is 131 Å². The van der Waals surface area contributed by atoms with Gasteiger partial charge in [0.1, 0.15) is 22.8 Å². The van der Waals surface area contributed by atoms with Crippen molar-refractivity contribution in [3.8, 4) is 0 Å². The molecule has 51 heavy (non-hydrogen) atoms. The molecule has 1 unspecified atom stereocenters. The van der Waals surface area contributed by atoms with E-state index in [1.54, 1.807) is 42.7 Å². The Morgan fingerprint density at radius 3 is 2.00 bits per heavy atom. The molecule has 2 aromatic carbocycles. The lowest BCUT2D eigenvalue weighted by atomic mass is 10.0. The lowest BCUT2D eigenvalue weighted by Gasteiger charge is -2.46. The van der Waals surface area contributed by atoms with Crippen LogP contribution in [0.4, 0.5) is 18.4 Å². The molecule has 3 heterocycles. The van der Waals surface area contributed by atoms with Crippen molar-refractivity contribution in [1.82, 2.24) is 19.6 Å². The quantitative estimate of drug-likeness (QED) is 0.385. The van der Waals surface area contributed by atoms with Crippen molar-refractivity contribution in [3.05, 3.63) is 69.2 Å². The highest BCUT2D eigenvalue weighted by molar-refractivity contribution is 6.31. The molecule has 3 fully saturated rings. The van der Waals surface area contributed by atoms with Gasteiger partial charge in [0.25, 0.3) is 0 Å². The predicted octanol–water partition coefficient (Wildman–Crippen LogP) is 5.90. The smallest absolute Gasteiger partial charge is 0.410 e. The van der Waals surface area contributed by atoms with Gasteiger partial charge in [0.05, 0.1) is 47.6 Å². The van der Waals surface area contributed by atoms with Gasteiger partial charge >= 0.3 is 12.2 Å². The second-order valence-electron chi connectivity index (χ2n) is 15.0. The first-order valence-electron chi connectivity index (χ1n) is 17.1. The number of aliphatic hydroxyl groups is 2. The second-order valence-corrected chi connectivity index (χ2v) is 15.8. The molecule has 0 saturated carbocycles. The molecule has 2 amide bonds. The third kappa shape index (κ3) is 11.9. The van der Waals surface area contributed by atoms with E-state index >= 15 is 0 Å². The fourth-order valence-electron chi connectivity index (χ4n) is 6.04. The van der Waals surface area contributed by atoms with Crippen molar-refractivity contribution in [1.29, 1.82) is 0 Å². The predicted molar refractivity (Wildman–Crippen MR) is 190 cm³/mol. The average Bonchev–Trinajstić information content (AvgIpc) is 3.05. The van der Waals surface area contributed by atoms with Gasteiger partial charge in [-0.25, -0.2) is 18.4 Å². The Kier molecular flexibility index (Phi) is 14.0. The molecule has 3 aliphatic rings. The Balaban J connectivity index is 0.000000229. The lowest BCUT2D eigenvalue weighted by Crippen LogP contribution is -2.59. The number of fused-ring (bicyclic) bond motifs is 1. The van der Waals surface area contributed by atoms with Crippen LogP contribution < -0.4 is 0 Å². The van der Waals surface area contributed by atoms with Gasteiger partial charge in [-0.2, -0.15) is 0 Å². The number of β-amino-alcohol motifs (C(OH)–C–C–N with tert-alkyl or cyclic N) is 1. The number of hydrogen-bond acceptors (Lipinski definition) is 9. The molecule has 2 aromatic rings. The number of benzene rings is 2. The average molecular weight is 760 g/mol. The molecule has 3 saturated heterocycles. The maximum atomic E-state index is 13.3. The molecule has 284 valence electrons. The minimum absolute atomic E-state index is 0.0463. The minimum atomic E-state index is -0.879. The number of carbonyl (C=O) groups is 2. The van der Waals surface area contributed by atoms with E-state index in [1.165, 1.54) is 24.3 Å². The molecule has 0 bridgehead atoms. The first-order chi connectivity index (χ1) is 23.8. The first-order valence-corrected chi connectivity index (χ1v) is 17.8. The third-order valence-corrected chi connectivity index (χ3v) is 9.24. The van der Waals surface area contributed by atoms with Gasteiger partial charge in [-0.1, -0.05) is 35.3 Å². The molecule has 15 heteroatoms. The summed E-state index contributed by atoms with van der Waals surface area (Å²) in [6, 6.07) is 8.62. The van der Waals surface area contributed by atoms with Crippen molar-refractivity contribution >= 4 is 35.4 Å². The molecule has 0 aliphatic carbocycles. The van der Waals surface area contributed by atoms with Crippen LogP contribution in [0.5, 0.6) is 0 Å². The van der Waals surface area contributed by atoms with Crippen molar-refractivity contribution in [3.63, 3.8) is 0 Å². The number of nitrogens with zero attached hydrogens (tertiary/aromatic N) is 4. The summed E-state index contributed by atoms with van der Waals surface area (Å²) < 4.78 is 43.4. The number of hydrogen-bond donors (Lipinski definition) is 2. The number of rotatable bonds is 5. The van der Waals surface area contributed by atoms with Gasteiger partial charge in [-0.3, -0.25) is 9.80 Å². The Morgan fingerprint density at radius 2 is 1.43 bits per heavy atom. The summed E-state index contributed by atoms with van der Waals surface area (Å²) >= 11 is 11.6. The van der Waals surface area contributed by atoms with E-state index in [0.717, 1.165) is 12.1 Å². The first kappa shape index (κ1) is 41.0. The largest absolute Gasteiger partial charge is 0.444 e. The number of carbonyl (C=O) groups excluding carboxylic acids is 2. The third-order valence-electron chi connectivity index (χ3n) is 8.66. The molecule has 0 aromatic heterocycles. The molecule has 11 nitrogen and oxygen atoms in total. The van der Waals surface area contributed by atoms with Gasteiger partial charge in [-0.05, 0) is 76.9 Å². The second kappa shape index (κ2) is 17.4. The number of morpholine rings is 1. The molecule has 0 radical (unpaired) electrons. The monoisotopic (exact) mass is 758 g/mol. The number of piperazine rings is 2. The number of aliphatic hydroxyl groups excluding tert-OH is 2. The van der Waals surface area contributed by atoms with E-state index < -0.39 is 35.0 Å². The van der Waals surface area contributed by atoms with Crippen LogP contribution in [0.1, 0.15) is 64.9 Å². The fourth-order valence-corrected chi connectivity index (χ4v) is 6.41. The van der Waals surface area contributed by atoms with E-state index in [-0.39, 0.29) is 47.5 Å². The summed E-state index contributed by atoms with van der Waals surface area (Å²) in [6.07, 6.45) is -1.71. The summed E-state index contributed by atoms with van der Waals surface area (Å²) in [5.74, 6) is -0.966. The summed E-state index contributed by atoms with van der Waals surface area (Å²) in [7, 11) is 0. The molecular formula is C36H50Cl2F2N4O7. The van der Waals surface area contributed by atoms with E-state index in [9.17, 15) is 28.6 Å². The van der Waals surface area contributed by atoms with E-state index in [0.29, 0.717) is 51.4 Å². The van der Waals surface area contributed by atoms with Crippen molar-refractivity contribution in [2.75, 3.05) is 65.6 Å². The van der Waals surface area contributed by atoms with E-state index in [4.69, 9.17) is 37.4 Å². The Morgan fingerprint density at radius 1 is 0.863 bits per heavy atom. The molecule has 3 aliphatic heterocycles. The van der Waals surface area contributed by atoms with Crippen LogP contribution in [0.25, 0.3) is 0 Å². The standard InChI is InChI=1S/C18H26ClFN2O4.C18H24ClFN2O3/c1-18(2,3)26-17(25)22-7-6-21(13(9-22)11-23)10-16(24)12-4-5-15(20)14(19)8-12;1-18(2,3)25-17(23)22-7-6-21-10-16(24-11-13(21)9-22)12-4-5-15(20)14(19)8-12/h4-5,8,13,16,23-24H,6-7,9-11H2,1-3H3;4-5,8,13,16H,6-7,9-11H2,1-3H3/t13-,16?;13-,16-/m00/s1. The Labute approximate surface area is 308 Å². The maximum Gasteiger partial charge on any atom is 0.410 e. The van der Waals surface area contributed by atoms with Crippen molar-refractivity contribution < 1.29 is 42.8 Å². The highest BCUT2D eigenvalue weighted by atomic mass is 35.5. The molecular weight excluding hydrogens is 709 g/mol. The van der Waals surface area contributed by atoms with Gasteiger partial charge in [0, 0.05) is 52.4 Å². The summed E-state index contributed by atoms with van der Waals surface area (Å²) in [5, 5.41) is 20.2. The van der Waals surface area contributed by atoms with Gasteiger partial charge in [-0.15, -0.1) is 0 Å². The highest BCUT2D eigenvalue weighted by Gasteiger charge is 2.37. The van der Waals surface area contributed by atoms with Crippen molar-refractivity contribution in [2.45, 2.75) is 77.0 Å². The molecule has 5 rings (SSSR count). The lowest BCUT2D eigenvalue weighted by molar-refractivity contribution is -0.0906. The van der Waals surface area contributed by atoms with Gasteiger partial charge in [0.15, 0.2) is 0 Å².